The predicted octanol–water partition coefficient (Wildman–Crippen LogP) is 10.0. The molecule has 6 atom stereocenters. The van der Waals surface area contributed by atoms with E-state index in [1.165, 1.54) is 33.6 Å². The third kappa shape index (κ3) is 4.71. The number of fused-ring (bicyclic) bond motifs is 8. The van der Waals surface area contributed by atoms with Crippen LogP contribution in [0.15, 0.2) is 106 Å². The molecule has 0 spiro atoms. The van der Waals surface area contributed by atoms with Gasteiger partial charge in [0.2, 0.25) is 13.6 Å². The molecule has 10 rings (SSSR count). The SMILES string of the molecule is Brc1cc2c(cc1[C@@H]1Nc3ccccc3[C@@H]3C=CC[C@@H]31)OCO2.Brc1cc2c(cc1[C@H]1Nc3ccccc3[C@H]3C=CC[C@H]31)OCO2. The number of hydrogen-bond donors (Lipinski definition) is 2. The molecule has 4 aromatic rings. The van der Waals surface area contributed by atoms with Gasteiger partial charge < -0.3 is 29.6 Å². The van der Waals surface area contributed by atoms with Crippen LogP contribution in [-0.4, -0.2) is 13.6 Å². The zero-order chi connectivity index (χ0) is 30.8. The Morgan fingerprint density at radius 1 is 0.522 bits per heavy atom. The summed E-state index contributed by atoms with van der Waals surface area (Å²) in [4.78, 5) is 0. The summed E-state index contributed by atoms with van der Waals surface area (Å²) in [5, 5.41) is 7.50. The molecule has 0 amide bonds. The molecule has 0 saturated heterocycles. The number of para-hydroxylation sites is 2. The Morgan fingerprint density at radius 2 is 0.935 bits per heavy atom. The van der Waals surface area contributed by atoms with Crippen molar-refractivity contribution in [3.63, 3.8) is 0 Å². The molecular weight excluding hydrogens is 708 g/mol. The van der Waals surface area contributed by atoms with Gasteiger partial charge in [0.25, 0.3) is 0 Å². The summed E-state index contributed by atoms with van der Waals surface area (Å²) in [5.41, 5.74) is 7.74. The Kier molecular flexibility index (Phi) is 7.04. The fraction of sp³-hybridized carbons (Fsp3) is 0.263. The molecule has 4 aromatic carbocycles. The second-order valence-electron chi connectivity index (χ2n) is 12.6. The average molecular weight is 740 g/mol. The molecule has 2 aliphatic carbocycles. The van der Waals surface area contributed by atoms with Crippen molar-refractivity contribution in [1.29, 1.82) is 0 Å². The Labute approximate surface area is 285 Å². The maximum absolute atomic E-state index is 5.58. The van der Waals surface area contributed by atoms with E-state index in [0.717, 1.165) is 44.8 Å². The van der Waals surface area contributed by atoms with E-state index in [0.29, 0.717) is 37.3 Å². The Bertz CT molecular complexity index is 1770. The van der Waals surface area contributed by atoms with Gasteiger partial charge in [-0.25, -0.2) is 0 Å². The Balaban J connectivity index is 0.000000127. The molecule has 8 heteroatoms. The second-order valence-corrected chi connectivity index (χ2v) is 14.3. The fourth-order valence-electron chi connectivity index (χ4n) is 8.05. The molecule has 0 unspecified atom stereocenters. The molecule has 6 nitrogen and oxygen atoms in total. The highest BCUT2D eigenvalue weighted by molar-refractivity contribution is 9.10. The van der Waals surface area contributed by atoms with E-state index in [-0.39, 0.29) is 12.1 Å². The van der Waals surface area contributed by atoms with Gasteiger partial charge in [-0.3, -0.25) is 0 Å². The van der Waals surface area contributed by atoms with Gasteiger partial charge in [-0.15, -0.1) is 0 Å². The van der Waals surface area contributed by atoms with Crippen molar-refractivity contribution >= 4 is 43.2 Å². The molecule has 0 radical (unpaired) electrons. The molecule has 232 valence electrons. The highest BCUT2D eigenvalue weighted by Crippen LogP contribution is 2.53. The topological polar surface area (TPSA) is 61.0 Å². The first-order valence-electron chi connectivity index (χ1n) is 15.8. The summed E-state index contributed by atoms with van der Waals surface area (Å²) in [5.74, 6) is 5.33. The zero-order valence-electron chi connectivity index (χ0n) is 24.9. The van der Waals surface area contributed by atoms with E-state index in [9.17, 15) is 0 Å². The van der Waals surface area contributed by atoms with Crippen LogP contribution in [0.2, 0.25) is 0 Å². The maximum Gasteiger partial charge on any atom is 0.231 e. The van der Waals surface area contributed by atoms with E-state index in [1.54, 1.807) is 0 Å². The lowest BCUT2D eigenvalue weighted by molar-refractivity contribution is 0.173. The standard InChI is InChI=1S/2C19H16BrNO2/c2*20-15-9-18-17(22-10-23-18)8-14(15)19-13-6-3-5-11(13)12-4-1-2-7-16(12)21-19/h2*1-5,7-9,11,13,19,21H,6,10H2/t2*11-,13-,19+/m10/s1. The van der Waals surface area contributed by atoms with Crippen LogP contribution < -0.4 is 29.6 Å². The third-order valence-corrected chi connectivity index (χ3v) is 11.6. The molecular formula is C38H32Br2N2O4. The van der Waals surface area contributed by atoms with E-state index in [1.807, 2.05) is 12.1 Å². The van der Waals surface area contributed by atoms with Crippen LogP contribution in [0.4, 0.5) is 11.4 Å². The van der Waals surface area contributed by atoms with Crippen LogP contribution in [0.1, 0.15) is 59.0 Å². The predicted molar refractivity (Wildman–Crippen MR) is 186 cm³/mol. The lowest BCUT2D eigenvalue weighted by Crippen LogP contribution is -2.29. The minimum absolute atomic E-state index is 0.258. The molecule has 0 bridgehead atoms. The van der Waals surface area contributed by atoms with Crippen LogP contribution in [0, 0.1) is 11.8 Å². The third-order valence-electron chi connectivity index (χ3n) is 10.2. The van der Waals surface area contributed by atoms with Crippen LogP contribution in [0.3, 0.4) is 0 Å². The molecule has 4 aliphatic heterocycles. The number of ether oxygens (including phenoxy) is 4. The van der Waals surface area contributed by atoms with Gasteiger partial charge in [-0.2, -0.15) is 0 Å². The van der Waals surface area contributed by atoms with Gasteiger partial charge in [-0.05, 0) is 83.3 Å². The van der Waals surface area contributed by atoms with Crippen molar-refractivity contribution < 1.29 is 18.9 Å². The quantitative estimate of drug-likeness (QED) is 0.200. The van der Waals surface area contributed by atoms with Crippen LogP contribution in [0.5, 0.6) is 23.0 Å². The molecule has 4 heterocycles. The van der Waals surface area contributed by atoms with Crippen LogP contribution in [0.25, 0.3) is 0 Å². The van der Waals surface area contributed by atoms with E-state index >= 15 is 0 Å². The molecule has 2 N–H and O–H groups in total. The van der Waals surface area contributed by atoms with Crippen molar-refractivity contribution in [3.8, 4) is 23.0 Å². The molecule has 0 fully saturated rings. The van der Waals surface area contributed by atoms with Crippen molar-refractivity contribution in [2.75, 3.05) is 24.2 Å². The van der Waals surface area contributed by atoms with Crippen molar-refractivity contribution in [1.82, 2.24) is 0 Å². The highest BCUT2D eigenvalue weighted by atomic mass is 79.9. The Hall–Kier alpha value is -3.88. The fourth-order valence-corrected chi connectivity index (χ4v) is 9.18. The number of nitrogens with one attached hydrogen (secondary N) is 2. The van der Waals surface area contributed by atoms with Crippen molar-refractivity contribution in [2.24, 2.45) is 11.8 Å². The molecule has 0 saturated carbocycles. The first-order chi connectivity index (χ1) is 22.6. The van der Waals surface area contributed by atoms with Gasteiger partial charge in [-0.1, -0.05) is 92.6 Å². The van der Waals surface area contributed by atoms with E-state index in [4.69, 9.17) is 18.9 Å². The number of rotatable bonds is 2. The van der Waals surface area contributed by atoms with Gasteiger partial charge in [0.1, 0.15) is 0 Å². The normalized spacial score (nSPS) is 26.6. The number of halogens is 2. The minimum atomic E-state index is 0.258. The van der Waals surface area contributed by atoms with Crippen LogP contribution >= 0.6 is 31.9 Å². The van der Waals surface area contributed by atoms with Gasteiger partial charge in [0, 0.05) is 32.2 Å². The Morgan fingerprint density at radius 3 is 1.39 bits per heavy atom. The first-order valence-corrected chi connectivity index (χ1v) is 17.4. The summed E-state index contributed by atoms with van der Waals surface area (Å²) in [6.07, 6.45) is 11.5. The summed E-state index contributed by atoms with van der Waals surface area (Å²) >= 11 is 7.45. The largest absolute Gasteiger partial charge is 0.454 e. The van der Waals surface area contributed by atoms with Crippen molar-refractivity contribution in [3.05, 3.63) is 128 Å². The molecule has 46 heavy (non-hydrogen) atoms. The van der Waals surface area contributed by atoms with E-state index < -0.39 is 0 Å². The smallest absolute Gasteiger partial charge is 0.231 e. The van der Waals surface area contributed by atoms with E-state index in [2.05, 4.69) is 127 Å². The first kappa shape index (κ1) is 28.4. The van der Waals surface area contributed by atoms with Gasteiger partial charge in [0.05, 0.1) is 12.1 Å². The second kappa shape index (κ2) is 11.4. The maximum atomic E-state index is 5.58. The molecule has 6 aliphatic rings. The lowest BCUT2D eigenvalue weighted by atomic mass is 9.77. The summed E-state index contributed by atoms with van der Waals surface area (Å²) in [6.45, 7) is 0.611. The molecule has 0 aromatic heterocycles. The van der Waals surface area contributed by atoms with Crippen LogP contribution in [-0.2, 0) is 0 Å². The number of hydrogen-bond acceptors (Lipinski definition) is 6. The minimum Gasteiger partial charge on any atom is -0.454 e. The zero-order valence-corrected chi connectivity index (χ0v) is 28.1. The lowest BCUT2D eigenvalue weighted by Gasteiger charge is -2.38. The number of benzene rings is 4. The van der Waals surface area contributed by atoms with Crippen molar-refractivity contribution in [2.45, 2.75) is 36.8 Å². The number of anilines is 2. The van der Waals surface area contributed by atoms with Gasteiger partial charge in [0.15, 0.2) is 23.0 Å². The average Bonchev–Trinajstić information content (AvgIpc) is 3.91. The summed E-state index contributed by atoms with van der Waals surface area (Å²) in [7, 11) is 0. The number of allylic oxidation sites excluding steroid dienone is 4. The van der Waals surface area contributed by atoms with Gasteiger partial charge >= 0.3 is 0 Å². The highest BCUT2D eigenvalue weighted by Gasteiger charge is 2.40. The summed E-state index contributed by atoms with van der Waals surface area (Å²) in [6, 6.07) is 26.1. The monoisotopic (exact) mass is 738 g/mol. The summed E-state index contributed by atoms with van der Waals surface area (Å²) < 4.78 is 24.3.